The molecule has 0 bridgehead atoms. The number of benzene rings is 1. The van der Waals surface area contributed by atoms with Crippen molar-refractivity contribution in [1.29, 1.82) is 0 Å². The van der Waals surface area contributed by atoms with Gasteiger partial charge in [-0.2, -0.15) is 5.10 Å². The SMILES string of the molecule is CCS(=O)c1cccc2c(-c3ccnc(S(C)=O)n3)c(-c3ccc(F)cc3)nn12. The Morgan fingerprint density at radius 1 is 1.07 bits per heavy atom. The fourth-order valence-corrected chi connectivity index (χ4v) is 4.34. The van der Waals surface area contributed by atoms with Crippen molar-refractivity contribution in [3.63, 3.8) is 0 Å². The summed E-state index contributed by atoms with van der Waals surface area (Å²) in [5.41, 5.74) is 3.18. The molecule has 4 aromatic rings. The van der Waals surface area contributed by atoms with Crippen LogP contribution >= 0.6 is 0 Å². The molecule has 148 valence electrons. The lowest BCUT2D eigenvalue weighted by Gasteiger charge is -2.05. The van der Waals surface area contributed by atoms with Crippen LogP contribution in [0.3, 0.4) is 0 Å². The molecule has 0 fully saturated rings. The van der Waals surface area contributed by atoms with E-state index in [0.717, 1.165) is 0 Å². The van der Waals surface area contributed by atoms with E-state index in [1.807, 2.05) is 19.1 Å². The monoisotopic (exact) mass is 428 g/mol. The van der Waals surface area contributed by atoms with E-state index in [-0.39, 0.29) is 11.0 Å². The molecule has 2 unspecified atom stereocenters. The Morgan fingerprint density at radius 2 is 1.83 bits per heavy atom. The normalized spacial score (nSPS) is 13.5. The molecule has 0 N–H and O–H groups in total. The van der Waals surface area contributed by atoms with Gasteiger partial charge in [-0.3, -0.25) is 8.42 Å². The number of aromatic nitrogens is 4. The molecule has 0 saturated heterocycles. The van der Waals surface area contributed by atoms with Gasteiger partial charge in [0, 0.05) is 23.8 Å². The third-order valence-corrected chi connectivity index (χ3v) is 6.39. The van der Waals surface area contributed by atoms with E-state index in [1.54, 1.807) is 35.0 Å². The molecule has 0 saturated carbocycles. The molecule has 0 radical (unpaired) electrons. The van der Waals surface area contributed by atoms with E-state index < -0.39 is 21.6 Å². The van der Waals surface area contributed by atoms with Crippen molar-refractivity contribution in [3.8, 4) is 22.5 Å². The minimum Gasteiger partial charge on any atom is -0.253 e. The van der Waals surface area contributed by atoms with Crippen molar-refractivity contribution in [2.45, 2.75) is 17.1 Å². The van der Waals surface area contributed by atoms with E-state index in [0.29, 0.717) is 38.8 Å². The first-order valence-corrected chi connectivity index (χ1v) is 11.7. The fraction of sp³-hybridized carbons (Fsp3) is 0.150. The second kappa shape index (κ2) is 7.92. The minimum absolute atomic E-state index is 0.209. The highest BCUT2D eigenvalue weighted by Gasteiger charge is 2.21. The zero-order valence-electron chi connectivity index (χ0n) is 15.7. The zero-order valence-corrected chi connectivity index (χ0v) is 17.3. The zero-order chi connectivity index (χ0) is 20.5. The largest absolute Gasteiger partial charge is 0.253 e. The number of pyridine rings is 1. The summed E-state index contributed by atoms with van der Waals surface area (Å²) in [5.74, 6) is 0.102. The summed E-state index contributed by atoms with van der Waals surface area (Å²) >= 11 is 0. The van der Waals surface area contributed by atoms with Crippen molar-refractivity contribution < 1.29 is 12.8 Å². The van der Waals surface area contributed by atoms with Gasteiger partial charge in [0.1, 0.15) is 16.5 Å². The fourth-order valence-electron chi connectivity index (χ4n) is 3.05. The van der Waals surface area contributed by atoms with E-state index in [2.05, 4.69) is 9.97 Å². The standard InChI is InChI=1S/C20H17FN4O2S2/c1-3-29(27)17-6-4-5-16-18(15-11-12-22-20(23-15)28(2)26)19(24-25(16)17)13-7-9-14(21)10-8-13/h4-12H,3H2,1-2H3. The molecule has 3 heterocycles. The van der Waals surface area contributed by atoms with Crippen LogP contribution in [0.1, 0.15) is 6.92 Å². The molecule has 0 aliphatic heterocycles. The number of rotatable bonds is 5. The lowest BCUT2D eigenvalue weighted by atomic mass is 10.0. The Labute approximate surface area is 171 Å². The summed E-state index contributed by atoms with van der Waals surface area (Å²) in [5, 5.41) is 5.47. The minimum atomic E-state index is -1.35. The van der Waals surface area contributed by atoms with Gasteiger partial charge in [0.15, 0.2) is 0 Å². The number of nitrogens with zero attached hydrogens (tertiary/aromatic N) is 4. The Bertz CT molecular complexity index is 1260. The Balaban J connectivity index is 2.06. The first-order chi connectivity index (χ1) is 14.0. The van der Waals surface area contributed by atoms with Crippen molar-refractivity contribution in [2.24, 2.45) is 0 Å². The van der Waals surface area contributed by atoms with Gasteiger partial charge in [0.25, 0.3) is 0 Å². The molecule has 0 aliphatic carbocycles. The highest BCUT2D eigenvalue weighted by atomic mass is 32.2. The predicted molar refractivity (Wildman–Crippen MR) is 111 cm³/mol. The van der Waals surface area contributed by atoms with Crippen LogP contribution in [0.25, 0.3) is 28.0 Å². The van der Waals surface area contributed by atoms with Crippen molar-refractivity contribution in [1.82, 2.24) is 19.6 Å². The van der Waals surface area contributed by atoms with Crippen LogP contribution in [-0.2, 0) is 21.6 Å². The predicted octanol–water partition coefficient (Wildman–Crippen LogP) is 3.46. The summed E-state index contributed by atoms with van der Waals surface area (Å²) in [6, 6.07) is 13.2. The summed E-state index contributed by atoms with van der Waals surface area (Å²) in [6.07, 6.45) is 3.06. The van der Waals surface area contributed by atoms with Gasteiger partial charge >= 0.3 is 0 Å². The van der Waals surface area contributed by atoms with Crippen molar-refractivity contribution in [2.75, 3.05) is 12.0 Å². The average Bonchev–Trinajstić information content (AvgIpc) is 3.13. The molecule has 3 aromatic heterocycles. The maximum Gasteiger partial charge on any atom is 0.218 e. The van der Waals surface area contributed by atoms with Crippen LogP contribution in [0.15, 0.2) is 64.9 Å². The maximum atomic E-state index is 13.5. The number of hydrogen-bond acceptors (Lipinski definition) is 5. The molecule has 9 heteroatoms. The third kappa shape index (κ3) is 3.63. The van der Waals surface area contributed by atoms with Gasteiger partial charge in [-0.1, -0.05) is 13.0 Å². The topological polar surface area (TPSA) is 77.2 Å². The van der Waals surface area contributed by atoms with Crippen LogP contribution in [-0.4, -0.2) is 40.0 Å². The summed E-state index contributed by atoms with van der Waals surface area (Å²) < 4.78 is 39.5. The van der Waals surface area contributed by atoms with E-state index in [4.69, 9.17) is 5.10 Å². The van der Waals surface area contributed by atoms with E-state index in [1.165, 1.54) is 18.4 Å². The van der Waals surface area contributed by atoms with Crippen molar-refractivity contribution >= 4 is 27.1 Å². The van der Waals surface area contributed by atoms with Crippen molar-refractivity contribution in [3.05, 3.63) is 60.5 Å². The Hall–Kier alpha value is -2.78. The average molecular weight is 429 g/mol. The Kier molecular flexibility index (Phi) is 5.33. The number of fused-ring (bicyclic) bond motifs is 1. The maximum absolute atomic E-state index is 13.5. The molecule has 4 rings (SSSR count). The van der Waals surface area contributed by atoms with Crippen LogP contribution in [0.4, 0.5) is 4.39 Å². The molecule has 1 aromatic carbocycles. The molecule has 0 aliphatic rings. The van der Waals surface area contributed by atoms with Crippen LogP contribution < -0.4 is 0 Å². The van der Waals surface area contributed by atoms with Gasteiger partial charge in [0.2, 0.25) is 5.16 Å². The first kappa shape index (κ1) is 19.5. The van der Waals surface area contributed by atoms with Gasteiger partial charge in [-0.25, -0.2) is 18.9 Å². The smallest absolute Gasteiger partial charge is 0.218 e. The number of halogens is 1. The third-order valence-electron chi connectivity index (χ3n) is 4.38. The quantitative estimate of drug-likeness (QED) is 0.455. The molecule has 2 atom stereocenters. The van der Waals surface area contributed by atoms with Crippen LogP contribution in [0.5, 0.6) is 0 Å². The van der Waals surface area contributed by atoms with Gasteiger partial charge in [-0.15, -0.1) is 0 Å². The first-order valence-electron chi connectivity index (χ1n) is 8.82. The van der Waals surface area contributed by atoms with E-state index >= 15 is 0 Å². The lowest BCUT2D eigenvalue weighted by molar-refractivity contribution is 0.628. The van der Waals surface area contributed by atoms with Crippen LogP contribution in [0, 0.1) is 5.82 Å². The summed E-state index contributed by atoms with van der Waals surface area (Å²) in [7, 11) is -2.58. The van der Waals surface area contributed by atoms with E-state index in [9.17, 15) is 12.8 Å². The van der Waals surface area contributed by atoms with Crippen LogP contribution in [0.2, 0.25) is 0 Å². The highest BCUT2D eigenvalue weighted by molar-refractivity contribution is 7.85. The molecule has 0 amide bonds. The van der Waals surface area contributed by atoms with Gasteiger partial charge in [0.05, 0.1) is 38.4 Å². The molecular weight excluding hydrogens is 411 g/mol. The van der Waals surface area contributed by atoms with Gasteiger partial charge in [-0.05, 0) is 42.5 Å². The lowest BCUT2D eigenvalue weighted by Crippen LogP contribution is -2.03. The molecule has 6 nitrogen and oxygen atoms in total. The molecule has 29 heavy (non-hydrogen) atoms. The second-order valence-corrected chi connectivity index (χ2v) is 9.16. The summed E-state index contributed by atoms with van der Waals surface area (Å²) in [6.45, 7) is 1.84. The molecule has 0 spiro atoms. The Morgan fingerprint density at radius 3 is 2.52 bits per heavy atom. The summed E-state index contributed by atoms with van der Waals surface area (Å²) in [4.78, 5) is 8.51. The number of hydrogen-bond donors (Lipinski definition) is 0. The van der Waals surface area contributed by atoms with Gasteiger partial charge < -0.3 is 0 Å². The second-order valence-electron chi connectivity index (χ2n) is 6.20. The molecular formula is C20H17FN4O2S2. The highest BCUT2D eigenvalue weighted by Crippen LogP contribution is 2.35.